The minimum atomic E-state index is -4.63. The highest BCUT2D eigenvalue weighted by Crippen LogP contribution is 2.30. The Kier molecular flexibility index (Phi) is 6.11. The van der Waals surface area contributed by atoms with Crippen molar-refractivity contribution < 1.29 is 18.0 Å². The summed E-state index contributed by atoms with van der Waals surface area (Å²) in [5.41, 5.74) is -0.151. The Morgan fingerprint density at radius 2 is 1.86 bits per heavy atom. The first-order valence-corrected chi connectivity index (χ1v) is 9.24. The molecule has 154 valence electrons. The van der Waals surface area contributed by atoms with Gasteiger partial charge in [0.2, 0.25) is 5.91 Å². The van der Waals surface area contributed by atoms with E-state index in [2.05, 4.69) is 15.5 Å². The SMILES string of the molecule is Cc1cc(C(F)(F)F)n(CC(=O)Nc2nn(Cc3ccc(Cl)cc3Cl)cc2Cl)n1. The molecule has 1 amide bonds. The Balaban J connectivity index is 1.72. The molecule has 0 atom stereocenters. The lowest BCUT2D eigenvalue weighted by atomic mass is 10.2. The van der Waals surface area contributed by atoms with Crippen molar-refractivity contribution in [3.05, 3.63) is 62.5 Å². The molecule has 0 saturated carbocycles. The standard InChI is InChI=1S/C17H13Cl3F3N5O/c1-9-4-14(17(21,22)23)28(25-9)8-15(29)24-16-13(20)7-27(26-16)6-10-2-3-11(18)5-12(10)19/h2-5,7H,6,8H2,1H3,(H,24,26,29). The van der Waals surface area contributed by atoms with Crippen LogP contribution in [-0.4, -0.2) is 25.5 Å². The fourth-order valence-corrected chi connectivity index (χ4v) is 3.25. The predicted octanol–water partition coefficient (Wildman–Crippen LogP) is 5.05. The lowest BCUT2D eigenvalue weighted by Crippen LogP contribution is -2.24. The van der Waals surface area contributed by atoms with Gasteiger partial charge in [-0.25, -0.2) is 0 Å². The number of nitrogens with one attached hydrogen (secondary N) is 1. The minimum absolute atomic E-state index is 0.0131. The van der Waals surface area contributed by atoms with E-state index in [1.54, 1.807) is 18.2 Å². The molecule has 0 saturated heterocycles. The van der Waals surface area contributed by atoms with E-state index in [9.17, 15) is 18.0 Å². The van der Waals surface area contributed by atoms with Gasteiger partial charge in [0.15, 0.2) is 5.82 Å². The molecule has 2 heterocycles. The molecule has 0 unspecified atom stereocenters. The number of amides is 1. The molecule has 1 aromatic carbocycles. The number of benzene rings is 1. The van der Waals surface area contributed by atoms with Crippen LogP contribution < -0.4 is 5.32 Å². The topological polar surface area (TPSA) is 64.7 Å². The maximum absolute atomic E-state index is 13.0. The van der Waals surface area contributed by atoms with E-state index in [-0.39, 0.29) is 23.1 Å². The molecular weight excluding hydrogens is 454 g/mol. The normalized spacial score (nSPS) is 11.7. The summed E-state index contributed by atoms with van der Waals surface area (Å²) in [6.45, 7) is 1.02. The van der Waals surface area contributed by atoms with Crippen molar-refractivity contribution >= 4 is 46.5 Å². The highest BCUT2D eigenvalue weighted by atomic mass is 35.5. The van der Waals surface area contributed by atoms with Crippen LogP contribution in [0, 0.1) is 6.92 Å². The molecule has 0 spiro atoms. The summed E-state index contributed by atoms with van der Waals surface area (Å²) in [6.07, 6.45) is -3.17. The van der Waals surface area contributed by atoms with Gasteiger partial charge in [-0.15, -0.1) is 0 Å². The summed E-state index contributed by atoms with van der Waals surface area (Å²) in [7, 11) is 0. The van der Waals surface area contributed by atoms with Crippen molar-refractivity contribution in [2.45, 2.75) is 26.2 Å². The Labute approximate surface area is 178 Å². The van der Waals surface area contributed by atoms with E-state index >= 15 is 0 Å². The van der Waals surface area contributed by atoms with Crippen LogP contribution in [0.4, 0.5) is 19.0 Å². The van der Waals surface area contributed by atoms with Gasteiger partial charge in [0.05, 0.1) is 12.2 Å². The smallest absolute Gasteiger partial charge is 0.306 e. The van der Waals surface area contributed by atoms with Gasteiger partial charge in [0.25, 0.3) is 0 Å². The van der Waals surface area contributed by atoms with Crippen molar-refractivity contribution in [3.63, 3.8) is 0 Å². The second kappa shape index (κ2) is 8.25. The molecule has 1 N–H and O–H groups in total. The van der Waals surface area contributed by atoms with E-state index < -0.39 is 24.3 Å². The van der Waals surface area contributed by atoms with Crippen LogP contribution in [0.25, 0.3) is 0 Å². The third kappa shape index (κ3) is 5.23. The van der Waals surface area contributed by atoms with E-state index in [0.29, 0.717) is 14.7 Å². The molecule has 0 aliphatic carbocycles. The number of carbonyl (C=O) groups excluding carboxylic acids is 1. The number of anilines is 1. The van der Waals surface area contributed by atoms with Gasteiger partial charge >= 0.3 is 6.18 Å². The number of rotatable bonds is 5. The van der Waals surface area contributed by atoms with E-state index in [1.807, 2.05) is 0 Å². The Morgan fingerprint density at radius 1 is 1.14 bits per heavy atom. The molecule has 0 bridgehead atoms. The predicted molar refractivity (Wildman–Crippen MR) is 103 cm³/mol. The molecule has 3 aromatic rings. The number of hydrogen-bond donors (Lipinski definition) is 1. The van der Waals surface area contributed by atoms with Crippen LogP contribution in [0.3, 0.4) is 0 Å². The summed E-state index contributed by atoms with van der Waals surface area (Å²) in [5.74, 6) is -0.741. The largest absolute Gasteiger partial charge is 0.433 e. The summed E-state index contributed by atoms with van der Waals surface area (Å²) < 4.78 is 41.1. The number of alkyl halides is 3. The van der Waals surface area contributed by atoms with Crippen LogP contribution in [0.5, 0.6) is 0 Å². The van der Waals surface area contributed by atoms with Gasteiger partial charge < -0.3 is 5.32 Å². The third-order valence-corrected chi connectivity index (χ3v) is 4.67. The molecule has 6 nitrogen and oxygen atoms in total. The van der Waals surface area contributed by atoms with Gasteiger partial charge in [0.1, 0.15) is 17.3 Å². The molecule has 0 radical (unpaired) electrons. The monoisotopic (exact) mass is 465 g/mol. The first kappa shape index (κ1) is 21.5. The number of nitrogens with zero attached hydrogens (tertiary/aromatic N) is 4. The van der Waals surface area contributed by atoms with Crippen LogP contribution in [0.1, 0.15) is 17.0 Å². The number of halogens is 6. The van der Waals surface area contributed by atoms with Gasteiger partial charge in [-0.05, 0) is 30.7 Å². The number of aromatic nitrogens is 4. The molecule has 0 aliphatic heterocycles. The van der Waals surface area contributed by atoms with Crippen LogP contribution in [-0.2, 0) is 24.1 Å². The first-order chi connectivity index (χ1) is 13.5. The maximum Gasteiger partial charge on any atom is 0.433 e. The zero-order valence-corrected chi connectivity index (χ0v) is 17.0. The van der Waals surface area contributed by atoms with Gasteiger partial charge in [-0.1, -0.05) is 40.9 Å². The molecule has 2 aromatic heterocycles. The Hall–Kier alpha value is -2.23. The molecule has 3 rings (SSSR count). The molecule has 29 heavy (non-hydrogen) atoms. The fourth-order valence-electron chi connectivity index (χ4n) is 2.59. The first-order valence-electron chi connectivity index (χ1n) is 8.11. The zero-order chi connectivity index (χ0) is 21.3. The summed E-state index contributed by atoms with van der Waals surface area (Å²) in [4.78, 5) is 12.2. The molecule has 0 fully saturated rings. The summed E-state index contributed by atoms with van der Waals surface area (Å²) in [6, 6.07) is 5.83. The van der Waals surface area contributed by atoms with E-state index in [0.717, 1.165) is 11.6 Å². The number of carbonyl (C=O) groups is 1. The van der Waals surface area contributed by atoms with Gasteiger partial charge in [0, 0.05) is 16.2 Å². The van der Waals surface area contributed by atoms with Crippen LogP contribution >= 0.6 is 34.8 Å². The quantitative estimate of drug-likeness (QED) is 0.572. The minimum Gasteiger partial charge on any atom is -0.306 e. The van der Waals surface area contributed by atoms with Crippen molar-refractivity contribution in [3.8, 4) is 0 Å². The average Bonchev–Trinajstić information content (AvgIpc) is 3.12. The molecule has 12 heteroatoms. The van der Waals surface area contributed by atoms with E-state index in [1.165, 1.54) is 17.8 Å². The van der Waals surface area contributed by atoms with Gasteiger partial charge in [-0.2, -0.15) is 23.4 Å². The third-order valence-electron chi connectivity index (χ3n) is 3.81. The Bertz CT molecular complexity index is 1060. The summed E-state index contributed by atoms with van der Waals surface area (Å²) >= 11 is 18.1. The zero-order valence-electron chi connectivity index (χ0n) is 14.8. The lowest BCUT2D eigenvalue weighted by molar-refractivity contribution is -0.144. The molecule has 0 aliphatic rings. The second-order valence-electron chi connectivity index (χ2n) is 6.13. The molecular formula is C17H13Cl3F3N5O. The second-order valence-corrected chi connectivity index (χ2v) is 7.38. The van der Waals surface area contributed by atoms with E-state index in [4.69, 9.17) is 34.8 Å². The van der Waals surface area contributed by atoms with Crippen molar-refractivity contribution in [1.29, 1.82) is 0 Å². The van der Waals surface area contributed by atoms with Crippen molar-refractivity contribution in [2.24, 2.45) is 0 Å². The van der Waals surface area contributed by atoms with Gasteiger partial charge in [-0.3, -0.25) is 14.2 Å². The van der Waals surface area contributed by atoms with Crippen LogP contribution in [0.2, 0.25) is 15.1 Å². The van der Waals surface area contributed by atoms with Crippen molar-refractivity contribution in [2.75, 3.05) is 5.32 Å². The average molecular weight is 467 g/mol. The Morgan fingerprint density at radius 3 is 2.52 bits per heavy atom. The summed E-state index contributed by atoms with van der Waals surface area (Å²) in [5, 5.41) is 11.3. The maximum atomic E-state index is 13.0. The highest BCUT2D eigenvalue weighted by Gasteiger charge is 2.35. The van der Waals surface area contributed by atoms with Crippen LogP contribution in [0.15, 0.2) is 30.5 Å². The lowest BCUT2D eigenvalue weighted by Gasteiger charge is -2.10. The fraction of sp³-hybridized carbons (Fsp3) is 0.235. The highest BCUT2D eigenvalue weighted by molar-refractivity contribution is 6.35. The number of aryl methyl sites for hydroxylation is 1. The number of hydrogen-bond acceptors (Lipinski definition) is 3. The van der Waals surface area contributed by atoms with Crippen molar-refractivity contribution in [1.82, 2.24) is 19.6 Å².